The van der Waals surface area contributed by atoms with Crippen molar-refractivity contribution in [1.82, 2.24) is 15.5 Å². The molecule has 0 bridgehead atoms. The highest BCUT2D eigenvalue weighted by molar-refractivity contribution is 4.86. The second-order valence-corrected chi connectivity index (χ2v) is 4.43. The highest BCUT2D eigenvalue weighted by atomic mass is 16.5. The zero-order valence-corrected chi connectivity index (χ0v) is 10.4. The van der Waals surface area contributed by atoms with Crippen LogP contribution < -0.4 is 5.32 Å². The zero-order chi connectivity index (χ0) is 11.9. The molecule has 1 unspecified atom stereocenters. The highest BCUT2D eigenvalue weighted by Gasteiger charge is 2.19. The number of aromatic nitrogens is 2. The Balaban J connectivity index is 1.71. The van der Waals surface area contributed by atoms with Gasteiger partial charge in [-0.2, -0.15) is 0 Å². The van der Waals surface area contributed by atoms with Crippen LogP contribution in [0.3, 0.4) is 0 Å². The third-order valence-corrected chi connectivity index (χ3v) is 2.88. The van der Waals surface area contributed by atoms with Crippen LogP contribution in [0.5, 0.6) is 0 Å². The van der Waals surface area contributed by atoms with Gasteiger partial charge in [0.1, 0.15) is 0 Å². The van der Waals surface area contributed by atoms with Gasteiger partial charge in [-0.25, -0.2) is 0 Å². The third kappa shape index (κ3) is 4.09. The first-order valence-electron chi connectivity index (χ1n) is 6.52. The van der Waals surface area contributed by atoms with E-state index in [0.29, 0.717) is 5.89 Å². The van der Waals surface area contributed by atoms with Crippen LogP contribution in [0.1, 0.15) is 38.0 Å². The molecule has 5 heteroatoms. The van der Waals surface area contributed by atoms with E-state index in [1.807, 2.05) is 0 Å². The summed E-state index contributed by atoms with van der Waals surface area (Å²) in [6.45, 7) is 4.96. The first-order valence-corrected chi connectivity index (χ1v) is 6.52. The largest absolute Gasteiger partial charge is 0.425 e. The Labute approximate surface area is 102 Å². The second kappa shape index (κ2) is 6.71. The average molecular weight is 239 g/mol. The van der Waals surface area contributed by atoms with E-state index < -0.39 is 0 Å². The van der Waals surface area contributed by atoms with Crippen molar-refractivity contribution >= 4 is 0 Å². The molecule has 1 aromatic rings. The Kier molecular flexibility index (Phi) is 4.94. The van der Waals surface area contributed by atoms with Crippen molar-refractivity contribution < 1.29 is 9.15 Å². The monoisotopic (exact) mass is 239 g/mol. The SMILES string of the molecule is CCCNCCc1nnc(CC2CCCO2)o1. The van der Waals surface area contributed by atoms with Gasteiger partial charge in [-0.3, -0.25) is 0 Å². The first-order chi connectivity index (χ1) is 8.38. The van der Waals surface area contributed by atoms with E-state index in [9.17, 15) is 0 Å². The van der Waals surface area contributed by atoms with Crippen molar-refractivity contribution in [1.29, 1.82) is 0 Å². The van der Waals surface area contributed by atoms with Gasteiger partial charge in [-0.15, -0.1) is 10.2 Å². The maximum atomic E-state index is 5.58. The molecule has 1 saturated heterocycles. The maximum Gasteiger partial charge on any atom is 0.219 e. The van der Waals surface area contributed by atoms with E-state index in [1.165, 1.54) is 0 Å². The van der Waals surface area contributed by atoms with Gasteiger partial charge in [-0.1, -0.05) is 6.92 Å². The van der Waals surface area contributed by atoms with Gasteiger partial charge in [-0.05, 0) is 25.8 Å². The van der Waals surface area contributed by atoms with E-state index >= 15 is 0 Å². The van der Waals surface area contributed by atoms with Gasteiger partial charge in [0.2, 0.25) is 11.8 Å². The highest BCUT2D eigenvalue weighted by Crippen LogP contribution is 2.16. The van der Waals surface area contributed by atoms with E-state index in [0.717, 1.165) is 57.7 Å². The predicted molar refractivity (Wildman–Crippen MR) is 63.8 cm³/mol. The van der Waals surface area contributed by atoms with Crippen molar-refractivity contribution in [2.45, 2.75) is 45.1 Å². The van der Waals surface area contributed by atoms with Gasteiger partial charge >= 0.3 is 0 Å². The summed E-state index contributed by atoms with van der Waals surface area (Å²) >= 11 is 0. The minimum atomic E-state index is 0.279. The van der Waals surface area contributed by atoms with Crippen molar-refractivity contribution in [3.05, 3.63) is 11.8 Å². The Morgan fingerprint density at radius 3 is 2.94 bits per heavy atom. The topological polar surface area (TPSA) is 60.2 Å². The molecule has 0 saturated carbocycles. The summed E-state index contributed by atoms with van der Waals surface area (Å²) in [4.78, 5) is 0. The lowest BCUT2D eigenvalue weighted by Gasteiger charge is -2.04. The fraction of sp³-hybridized carbons (Fsp3) is 0.833. The van der Waals surface area contributed by atoms with E-state index in [-0.39, 0.29) is 6.10 Å². The van der Waals surface area contributed by atoms with Crippen LogP contribution >= 0.6 is 0 Å². The standard InChI is InChI=1S/C12H21N3O2/c1-2-6-13-7-5-11-14-15-12(17-11)9-10-4-3-8-16-10/h10,13H,2-9H2,1H3. The van der Waals surface area contributed by atoms with Gasteiger partial charge in [0.25, 0.3) is 0 Å². The van der Waals surface area contributed by atoms with Gasteiger partial charge in [0.15, 0.2) is 0 Å². The molecule has 1 aliphatic rings. The predicted octanol–water partition coefficient (Wildman–Crippen LogP) is 1.33. The van der Waals surface area contributed by atoms with Crippen LogP contribution in [0.15, 0.2) is 4.42 Å². The molecule has 2 rings (SSSR count). The van der Waals surface area contributed by atoms with Gasteiger partial charge < -0.3 is 14.5 Å². The molecule has 0 aliphatic carbocycles. The van der Waals surface area contributed by atoms with Crippen molar-refractivity contribution in [3.8, 4) is 0 Å². The summed E-state index contributed by atoms with van der Waals surface area (Å²) in [5.41, 5.74) is 0. The summed E-state index contributed by atoms with van der Waals surface area (Å²) in [7, 11) is 0. The molecule has 0 spiro atoms. The molecular weight excluding hydrogens is 218 g/mol. The fourth-order valence-corrected chi connectivity index (χ4v) is 1.97. The van der Waals surface area contributed by atoms with Crippen LogP contribution in [-0.4, -0.2) is 36.0 Å². The molecule has 0 amide bonds. The van der Waals surface area contributed by atoms with E-state index in [1.54, 1.807) is 0 Å². The summed E-state index contributed by atoms with van der Waals surface area (Å²) in [6.07, 6.45) is 5.24. The Bertz CT molecular complexity index is 321. The molecule has 17 heavy (non-hydrogen) atoms. The van der Waals surface area contributed by atoms with Crippen LogP contribution in [0, 0.1) is 0 Å². The summed E-state index contributed by atoms with van der Waals surface area (Å²) < 4.78 is 11.1. The van der Waals surface area contributed by atoms with E-state index in [2.05, 4.69) is 22.4 Å². The average Bonchev–Trinajstić information content (AvgIpc) is 2.97. The molecule has 96 valence electrons. The van der Waals surface area contributed by atoms with Crippen molar-refractivity contribution in [3.63, 3.8) is 0 Å². The van der Waals surface area contributed by atoms with Gasteiger partial charge in [0.05, 0.1) is 12.5 Å². The molecule has 1 N–H and O–H groups in total. The molecule has 5 nitrogen and oxygen atoms in total. The van der Waals surface area contributed by atoms with E-state index in [4.69, 9.17) is 9.15 Å². The minimum absolute atomic E-state index is 0.279. The van der Waals surface area contributed by atoms with Crippen LogP contribution in [0.25, 0.3) is 0 Å². The van der Waals surface area contributed by atoms with Gasteiger partial charge in [0, 0.05) is 19.6 Å². The quantitative estimate of drug-likeness (QED) is 0.727. The molecule has 1 aromatic heterocycles. The summed E-state index contributed by atoms with van der Waals surface area (Å²) in [6, 6.07) is 0. The zero-order valence-electron chi connectivity index (χ0n) is 10.4. The lowest BCUT2D eigenvalue weighted by atomic mass is 10.2. The maximum absolute atomic E-state index is 5.58. The van der Waals surface area contributed by atoms with Crippen LogP contribution in [-0.2, 0) is 17.6 Å². The van der Waals surface area contributed by atoms with Crippen molar-refractivity contribution in [2.24, 2.45) is 0 Å². The number of ether oxygens (including phenoxy) is 1. The normalized spacial score (nSPS) is 19.9. The molecule has 2 heterocycles. The molecule has 1 atom stereocenters. The lowest BCUT2D eigenvalue weighted by molar-refractivity contribution is 0.105. The molecule has 1 aliphatic heterocycles. The Hall–Kier alpha value is -0.940. The number of nitrogens with zero attached hydrogens (tertiary/aromatic N) is 2. The summed E-state index contributed by atoms with van der Waals surface area (Å²) in [5.74, 6) is 1.43. The van der Waals surface area contributed by atoms with Crippen molar-refractivity contribution in [2.75, 3.05) is 19.7 Å². The number of nitrogens with one attached hydrogen (secondary N) is 1. The molecule has 1 fully saturated rings. The number of hydrogen-bond acceptors (Lipinski definition) is 5. The van der Waals surface area contributed by atoms with Crippen LogP contribution in [0.2, 0.25) is 0 Å². The Morgan fingerprint density at radius 1 is 1.29 bits per heavy atom. The molecular formula is C12H21N3O2. The Morgan fingerprint density at radius 2 is 2.18 bits per heavy atom. The minimum Gasteiger partial charge on any atom is -0.425 e. The third-order valence-electron chi connectivity index (χ3n) is 2.88. The first kappa shape index (κ1) is 12.5. The van der Waals surface area contributed by atoms with Crippen LogP contribution in [0.4, 0.5) is 0 Å². The number of rotatable bonds is 7. The smallest absolute Gasteiger partial charge is 0.219 e. The fourth-order valence-electron chi connectivity index (χ4n) is 1.97. The second-order valence-electron chi connectivity index (χ2n) is 4.43. The summed E-state index contributed by atoms with van der Waals surface area (Å²) in [5, 5.41) is 11.4. The number of hydrogen-bond donors (Lipinski definition) is 1. The lowest BCUT2D eigenvalue weighted by Crippen LogP contribution is -2.17. The molecule has 0 radical (unpaired) electrons. The molecule has 0 aromatic carbocycles.